The molecule has 2 heterocycles. The van der Waals surface area contributed by atoms with E-state index in [1.807, 2.05) is 49.4 Å². The van der Waals surface area contributed by atoms with Crippen LogP contribution in [0.25, 0.3) is 44.3 Å². The van der Waals surface area contributed by atoms with Gasteiger partial charge in [-0.05, 0) is 66.6 Å². The number of rotatable bonds is 2. The van der Waals surface area contributed by atoms with Crippen LogP contribution in [0.3, 0.4) is 0 Å². The van der Waals surface area contributed by atoms with E-state index < -0.39 is 13.7 Å². The Morgan fingerprint density at radius 1 is 0.786 bits per heavy atom. The van der Waals surface area contributed by atoms with E-state index in [0.717, 1.165) is 11.1 Å². The summed E-state index contributed by atoms with van der Waals surface area (Å²) < 4.78 is 54.3. The van der Waals surface area contributed by atoms with Crippen LogP contribution in [0.5, 0.6) is 0 Å². The number of fused-ring (bicyclic) bond motifs is 3. The molecule has 0 aliphatic carbocycles. The Balaban J connectivity index is 1.83. The first-order valence-electron chi connectivity index (χ1n) is 12.1. The van der Waals surface area contributed by atoms with Crippen LogP contribution >= 0.6 is 0 Å². The SMILES string of the molecule is [2H]C([2H])([2H])c1cnc(-c2ccc(C([2H])([2H])[2H])c3c2oc2ccccc23)cc1-c1ccccc1C. The fourth-order valence-corrected chi connectivity index (χ4v) is 3.73. The zero-order valence-electron chi connectivity index (χ0n) is 21.3. The third-order valence-corrected chi connectivity index (χ3v) is 5.14. The predicted molar refractivity (Wildman–Crippen MR) is 117 cm³/mol. The van der Waals surface area contributed by atoms with Gasteiger partial charge in [0, 0.05) is 30.8 Å². The molecule has 0 atom stereocenters. The van der Waals surface area contributed by atoms with Crippen molar-refractivity contribution < 1.29 is 12.6 Å². The van der Waals surface area contributed by atoms with Crippen LogP contribution in [0, 0.1) is 20.6 Å². The van der Waals surface area contributed by atoms with Crippen LogP contribution in [-0.4, -0.2) is 4.98 Å². The van der Waals surface area contributed by atoms with E-state index in [2.05, 4.69) is 4.98 Å². The van der Waals surface area contributed by atoms with Gasteiger partial charge in [-0.2, -0.15) is 0 Å². The molecular formula is C26H21NO. The van der Waals surface area contributed by atoms with E-state index in [0.29, 0.717) is 38.8 Å². The molecule has 2 aromatic heterocycles. The van der Waals surface area contributed by atoms with Gasteiger partial charge in [0.1, 0.15) is 11.2 Å². The van der Waals surface area contributed by atoms with Crippen molar-refractivity contribution in [2.45, 2.75) is 20.6 Å². The highest BCUT2D eigenvalue weighted by Crippen LogP contribution is 2.38. The van der Waals surface area contributed by atoms with Gasteiger partial charge in [0.05, 0.1) is 5.69 Å². The van der Waals surface area contributed by atoms with Crippen LogP contribution < -0.4 is 0 Å². The first-order valence-corrected chi connectivity index (χ1v) is 9.07. The van der Waals surface area contributed by atoms with Gasteiger partial charge < -0.3 is 4.42 Å². The van der Waals surface area contributed by atoms with Crippen molar-refractivity contribution in [3.63, 3.8) is 0 Å². The molecule has 5 rings (SSSR count). The van der Waals surface area contributed by atoms with Crippen molar-refractivity contribution in [2.24, 2.45) is 0 Å². The molecule has 0 spiro atoms. The molecule has 5 aromatic rings. The molecule has 0 amide bonds. The minimum Gasteiger partial charge on any atom is -0.455 e. The second kappa shape index (κ2) is 6.35. The van der Waals surface area contributed by atoms with Gasteiger partial charge in [0.2, 0.25) is 0 Å². The lowest BCUT2D eigenvalue weighted by molar-refractivity contribution is 0.669. The van der Waals surface area contributed by atoms with Crippen molar-refractivity contribution in [1.82, 2.24) is 4.98 Å². The number of hydrogen-bond acceptors (Lipinski definition) is 2. The first-order chi connectivity index (χ1) is 16.1. The molecule has 0 radical (unpaired) electrons. The summed E-state index contributed by atoms with van der Waals surface area (Å²) in [5.41, 5.74) is 4.77. The molecule has 0 aliphatic rings. The van der Waals surface area contributed by atoms with Crippen LogP contribution in [0.2, 0.25) is 0 Å². The Morgan fingerprint density at radius 2 is 1.61 bits per heavy atom. The van der Waals surface area contributed by atoms with Crippen molar-refractivity contribution >= 4 is 21.9 Å². The Morgan fingerprint density at radius 3 is 2.46 bits per heavy atom. The van der Waals surface area contributed by atoms with Crippen LogP contribution in [0.1, 0.15) is 24.9 Å². The zero-order valence-corrected chi connectivity index (χ0v) is 15.3. The van der Waals surface area contributed by atoms with Gasteiger partial charge in [0.15, 0.2) is 0 Å². The van der Waals surface area contributed by atoms with Crippen molar-refractivity contribution in [3.8, 4) is 22.4 Å². The molecule has 3 aromatic carbocycles. The number of para-hydroxylation sites is 1. The highest BCUT2D eigenvalue weighted by Gasteiger charge is 2.16. The maximum atomic E-state index is 8.02. The summed E-state index contributed by atoms with van der Waals surface area (Å²) in [6, 6.07) is 19.9. The molecule has 0 unspecified atom stereocenters. The van der Waals surface area contributed by atoms with E-state index >= 15 is 0 Å². The Bertz CT molecular complexity index is 1550. The maximum absolute atomic E-state index is 8.02. The summed E-state index contributed by atoms with van der Waals surface area (Å²) in [4.78, 5) is 4.48. The van der Waals surface area contributed by atoms with E-state index in [4.69, 9.17) is 12.6 Å². The van der Waals surface area contributed by atoms with Crippen LogP contribution in [0.4, 0.5) is 0 Å². The minimum atomic E-state index is -2.34. The second-order valence-electron chi connectivity index (χ2n) is 6.89. The highest BCUT2D eigenvalue weighted by atomic mass is 16.3. The molecule has 0 fully saturated rings. The number of nitrogens with zero attached hydrogens (tertiary/aromatic N) is 1. The molecule has 2 nitrogen and oxygen atoms in total. The third-order valence-electron chi connectivity index (χ3n) is 5.14. The van der Waals surface area contributed by atoms with Crippen LogP contribution in [0.15, 0.2) is 77.3 Å². The smallest absolute Gasteiger partial charge is 0.145 e. The van der Waals surface area contributed by atoms with E-state index in [9.17, 15) is 0 Å². The average Bonchev–Trinajstić information content (AvgIpc) is 3.16. The molecule has 0 saturated carbocycles. The molecular weight excluding hydrogens is 342 g/mol. The topological polar surface area (TPSA) is 26.0 Å². The number of benzene rings is 3. The largest absolute Gasteiger partial charge is 0.455 e. The number of aryl methyl sites for hydroxylation is 3. The zero-order chi connectivity index (χ0) is 24.3. The fraction of sp³-hybridized carbons (Fsp3) is 0.115. The summed E-state index contributed by atoms with van der Waals surface area (Å²) in [5.74, 6) is 0. The first kappa shape index (κ1) is 11.5. The van der Waals surface area contributed by atoms with E-state index in [1.54, 1.807) is 24.3 Å². The Hall–Kier alpha value is -3.39. The lowest BCUT2D eigenvalue weighted by Gasteiger charge is -2.12. The lowest BCUT2D eigenvalue weighted by Crippen LogP contribution is -1.92. The molecule has 28 heavy (non-hydrogen) atoms. The fourth-order valence-electron chi connectivity index (χ4n) is 3.73. The number of furan rings is 1. The Kier molecular flexibility index (Phi) is 2.60. The number of aromatic nitrogens is 1. The van der Waals surface area contributed by atoms with Crippen LogP contribution in [-0.2, 0) is 0 Å². The minimum absolute atomic E-state index is 0.158. The maximum Gasteiger partial charge on any atom is 0.145 e. The van der Waals surface area contributed by atoms with Gasteiger partial charge in [-0.3, -0.25) is 4.98 Å². The summed E-state index contributed by atoms with van der Waals surface area (Å²) in [7, 11) is 0. The molecule has 0 aliphatic heterocycles. The summed E-state index contributed by atoms with van der Waals surface area (Å²) in [6.07, 6.45) is 1.39. The monoisotopic (exact) mass is 369 g/mol. The summed E-state index contributed by atoms with van der Waals surface area (Å²) in [6.45, 7) is -2.74. The van der Waals surface area contributed by atoms with Crippen molar-refractivity contribution in [1.29, 1.82) is 0 Å². The highest BCUT2D eigenvalue weighted by molar-refractivity contribution is 6.11. The molecule has 2 heteroatoms. The van der Waals surface area contributed by atoms with Gasteiger partial charge >= 0.3 is 0 Å². The lowest BCUT2D eigenvalue weighted by atomic mass is 9.95. The standard InChI is InChI=1S/C26H21NO/c1-16-8-4-5-9-19(16)22-14-23(27-15-18(22)3)20-13-12-17(2)25-21-10-6-7-11-24(21)28-26(20)25/h4-15H,1-3H3/i2D3,3D3. The normalized spacial score (nSPS) is 15.5. The van der Waals surface area contributed by atoms with Gasteiger partial charge in [-0.15, -0.1) is 0 Å². The average molecular weight is 369 g/mol. The van der Waals surface area contributed by atoms with Crippen molar-refractivity contribution in [2.75, 3.05) is 0 Å². The van der Waals surface area contributed by atoms with E-state index in [-0.39, 0.29) is 11.1 Å². The quantitative estimate of drug-likeness (QED) is 0.328. The Labute approximate surface area is 172 Å². The third kappa shape index (κ3) is 2.53. The van der Waals surface area contributed by atoms with Gasteiger partial charge in [-0.25, -0.2) is 0 Å². The molecule has 136 valence electrons. The molecule has 0 bridgehead atoms. The number of pyridine rings is 1. The van der Waals surface area contributed by atoms with E-state index in [1.165, 1.54) is 6.20 Å². The van der Waals surface area contributed by atoms with Crippen molar-refractivity contribution in [3.05, 3.63) is 89.6 Å². The molecule has 0 N–H and O–H groups in total. The predicted octanol–water partition coefficient (Wildman–Crippen LogP) is 7.24. The van der Waals surface area contributed by atoms with Gasteiger partial charge in [-0.1, -0.05) is 48.5 Å². The summed E-state index contributed by atoms with van der Waals surface area (Å²) in [5, 5.41) is 1.23. The second-order valence-corrected chi connectivity index (χ2v) is 6.89. The number of hydrogen-bond donors (Lipinski definition) is 0. The molecule has 0 saturated heterocycles. The summed E-state index contributed by atoms with van der Waals surface area (Å²) >= 11 is 0. The van der Waals surface area contributed by atoms with Gasteiger partial charge in [0.25, 0.3) is 0 Å².